The molecular weight excluding hydrogens is 404 g/mol. The fraction of sp³-hybridized carbons (Fsp3) is 0.762. The number of allylic oxidation sites excluding steroid dienone is 1. The molecule has 0 radical (unpaired) electrons. The highest BCUT2D eigenvalue weighted by molar-refractivity contribution is 7.84. The number of carbonyl (C=O) groups is 3. The molecule has 5 atom stereocenters. The van der Waals surface area contributed by atoms with Crippen molar-refractivity contribution in [2.24, 2.45) is 11.7 Å². The molecule has 166 valence electrons. The van der Waals surface area contributed by atoms with Gasteiger partial charge in [0.15, 0.2) is 0 Å². The van der Waals surface area contributed by atoms with E-state index in [1.165, 1.54) is 0 Å². The first-order valence-electron chi connectivity index (χ1n) is 11.2. The highest BCUT2D eigenvalue weighted by Gasteiger charge is 2.61. The summed E-state index contributed by atoms with van der Waals surface area (Å²) in [5, 5.41) is 2.97. The van der Waals surface area contributed by atoms with Gasteiger partial charge in [-0.15, -0.1) is 0 Å². The summed E-state index contributed by atoms with van der Waals surface area (Å²) >= 11 is 0. The van der Waals surface area contributed by atoms with Crippen molar-refractivity contribution < 1.29 is 18.6 Å². The largest absolute Gasteiger partial charge is 0.339 e. The third-order valence-corrected chi connectivity index (χ3v) is 8.16. The Morgan fingerprint density at radius 1 is 1.17 bits per heavy atom. The fourth-order valence-electron chi connectivity index (χ4n) is 4.54. The number of hydrogen-bond donors (Lipinski definition) is 3. The molecule has 0 aromatic heterocycles. The quantitative estimate of drug-likeness (QED) is 0.561. The summed E-state index contributed by atoms with van der Waals surface area (Å²) in [4.78, 5) is 40.6. The Balaban J connectivity index is 1.53. The van der Waals surface area contributed by atoms with Crippen molar-refractivity contribution in [2.45, 2.75) is 87.1 Å². The Kier molecular flexibility index (Phi) is 6.29. The van der Waals surface area contributed by atoms with Crippen LogP contribution in [-0.4, -0.2) is 56.2 Å². The predicted molar refractivity (Wildman–Crippen MR) is 113 cm³/mol. The third kappa shape index (κ3) is 4.46. The van der Waals surface area contributed by atoms with Gasteiger partial charge in [-0.2, -0.15) is 0 Å². The highest BCUT2D eigenvalue weighted by Crippen LogP contribution is 2.45. The molecule has 8 nitrogen and oxygen atoms in total. The molecule has 4 rings (SSSR count). The number of carbonyl (C=O) groups excluding carboxylic acids is 3. The van der Waals surface area contributed by atoms with E-state index in [9.17, 15) is 18.6 Å². The van der Waals surface area contributed by atoms with E-state index in [1.807, 2.05) is 6.08 Å². The van der Waals surface area contributed by atoms with E-state index in [1.54, 1.807) is 4.90 Å². The zero-order valence-corrected chi connectivity index (χ0v) is 18.1. The molecule has 9 heteroatoms. The summed E-state index contributed by atoms with van der Waals surface area (Å²) in [6.45, 7) is 0.513. The number of fused-ring (bicyclic) bond motifs is 2. The molecule has 0 aromatic carbocycles. The summed E-state index contributed by atoms with van der Waals surface area (Å²) in [5.41, 5.74) is 5.05. The van der Waals surface area contributed by atoms with Crippen molar-refractivity contribution in [3.8, 4) is 0 Å². The molecule has 0 aromatic rings. The summed E-state index contributed by atoms with van der Waals surface area (Å²) < 4.78 is 14.9. The molecule has 3 fully saturated rings. The van der Waals surface area contributed by atoms with Crippen LogP contribution in [0.5, 0.6) is 0 Å². The number of hydrogen-bond acceptors (Lipinski definition) is 5. The lowest BCUT2D eigenvalue weighted by atomic mass is 10.1. The average molecular weight is 437 g/mol. The molecule has 4 N–H and O–H groups in total. The Bertz CT molecular complexity index is 768. The normalized spacial score (nSPS) is 37.1. The first-order chi connectivity index (χ1) is 14.4. The van der Waals surface area contributed by atoms with Crippen LogP contribution >= 0.6 is 0 Å². The van der Waals surface area contributed by atoms with Gasteiger partial charge in [0.25, 0.3) is 5.91 Å². The van der Waals surface area contributed by atoms with Crippen LogP contribution in [0.2, 0.25) is 0 Å². The maximum absolute atomic E-state index is 13.1. The van der Waals surface area contributed by atoms with E-state index < -0.39 is 28.6 Å². The van der Waals surface area contributed by atoms with Gasteiger partial charge in [0.05, 0.1) is 11.3 Å². The maximum Gasteiger partial charge on any atom is 0.258 e. The van der Waals surface area contributed by atoms with Gasteiger partial charge in [0, 0.05) is 12.5 Å². The Hall–Kier alpha value is -1.74. The minimum Gasteiger partial charge on any atom is -0.339 e. The summed E-state index contributed by atoms with van der Waals surface area (Å²) in [5.74, 6) is -0.990. The van der Waals surface area contributed by atoms with E-state index in [0.717, 1.165) is 44.9 Å². The van der Waals surface area contributed by atoms with Crippen molar-refractivity contribution in [1.29, 1.82) is 0 Å². The van der Waals surface area contributed by atoms with Crippen LogP contribution in [-0.2, 0) is 25.4 Å². The second kappa shape index (κ2) is 8.78. The zero-order chi connectivity index (χ0) is 21.3. The van der Waals surface area contributed by atoms with Crippen LogP contribution in [0.25, 0.3) is 0 Å². The average Bonchev–Trinajstić information content (AvgIpc) is 3.63. The molecule has 30 heavy (non-hydrogen) atoms. The van der Waals surface area contributed by atoms with Crippen LogP contribution in [0.1, 0.15) is 64.2 Å². The van der Waals surface area contributed by atoms with Gasteiger partial charge in [-0.1, -0.05) is 25.0 Å². The van der Waals surface area contributed by atoms with Gasteiger partial charge in [-0.05, 0) is 51.4 Å². The van der Waals surface area contributed by atoms with Crippen LogP contribution in [0, 0.1) is 5.92 Å². The zero-order valence-electron chi connectivity index (χ0n) is 17.3. The second-order valence-electron chi connectivity index (χ2n) is 9.06. The fourth-order valence-corrected chi connectivity index (χ4v) is 5.63. The number of nitrogens with one attached hydrogen (secondary N) is 2. The molecular formula is C21H32N4O4S. The summed E-state index contributed by atoms with van der Waals surface area (Å²) in [7, 11) is -1.41. The van der Waals surface area contributed by atoms with Crippen molar-refractivity contribution in [3.05, 3.63) is 12.2 Å². The first-order valence-corrected chi connectivity index (χ1v) is 12.4. The second-order valence-corrected chi connectivity index (χ2v) is 10.5. The van der Waals surface area contributed by atoms with Gasteiger partial charge in [-0.3, -0.25) is 19.1 Å². The van der Waals surface area contributed by atoms with Crippen molar-refractivity contribution in [3.63, 3.8) is 0 Å². The molecule has 4 aliphatic rings. The minimum absolute atomic E-state index is 0.0282. The van der Waals surface area contributed by atoms with Gasteiger partial charge < -0.3 is 16.0 Å². The first kappa shape index (κ1) is 21.5. The lowest BCUT2D eigenvalue weighted by molar-refractivity contribution is -0.140. The topological polar surface area (TPSA) is 122 Å². The van der Waals surface area contributed by atoms with Crippen molar-refractivity contribution >= 4 is 28.7 Å². The molecule has 2 aliphatic heterocycles. The van der Waals surface area contributed by atoms with E-state index in [0.29, 0.717) is 25.8 Å². The van der Waals surface area contributed by atoms with Gasteiger partial charge in [0.1, 0.15) is 22.6 Å². The van der Waals surface area contributed by atoms with Crippen molar-refractivity contribution in [1.82, 2.24) is 14.9 Å². The van der Waals surface area contributed by atoms with Crippen LogP contribution in [0.15, 0.2) is 12.2 Å². The minimum atomic E-state index is -1.41. The monoisotopic (exact) mass is 436 g/mol. The number of amides is 3. The maximum atomic E-state index is 13.1. The summed E-state index contributed by atoms with van der Waals surface area (Å²) in [6, 6.07) is -1.19. The Morgan fingerprint density at radius 3 is 2.73 bits per heavy atom. The number of nitrogens with zero attached hydrogens (tertiary/aromatic N) is 1. The predicted octanol–water partition coefficient (Wildman–Crippen LogP) is 0.642. The molecule has 2 aliphatic carbocycles. The molecule has 2 saturated carbocycles. The number of rotatable bonds is 3. The molecule has 3 amide bonds. The van der Waals surface area contributed by atoms with Gasteiger partial charge in [0.2, 0.25) is 11.8 Å². The molecule has 2 heterocycles. The van der Waals surface area contributed by atoms with Crippen molar-refractivity contribution in [2.75, 3.05) is 6.54 Å². The van der Waals surface area contributed by atoms with E-state index >= 15 is 0 Å². The van der Waals surface area contributed by atoms with E-state index in [2.05, 4.69) is 16.1 Å². The van der Waals surface area contributed by atoms with Gasteiger partial charge >= 0.3 is 0 Å². The summed E-state index contributed by atoms with van der Waals surface area (Å²) in [6.07, 6.45) is 11.9. The van der Waals surface area contributed by atoms with E-state index in [4.69, 9.17) is 5.73 Å². The van der Waals surface area contributed by atoms with Crippen LogP contribution in [0.4, 0.5) is 0 Å². The highest BCUT2D eigenvalue weighted by atomic mass is 32.2. The lowest BCUT2D eigenvalue weighted by Gasteiger charge is -2.28. The van der Waals surface area contributed by atoms with E-state index in [-0.39, 0.29) is 28.9 Å². The molecule has 0 spiro atoms. The molecule has 0 bridgehead atoms. The molecule has 1 unspecified atom stereocenters. The SMILES string of the molecule is N[C@H]1CCCCC/C=C\[C@@H]2C[C@@]2(C(=O)NS(=O)C2CC2)NC(=O)[C@@H]2CCCN2C1=O. The Labute approximate surface area is 180 Å². The molecule has 1 saturated heterocycles. The third-order valence-electron chi connectivity index (χ3n) is 6.70. The Morgan fingerprint density at radius 2 is 1.97 bits per heavy atom. The standard InChI is InChI=1S/C21H32N4O4S/c22-16-8-5-3-1-2-4-7-14-13-21(14,20(28)24-30(29)15-10-11-15)23-18(26)17-9-6-12-25(17)19(16)27/h4,7,14-17H,1-3,5-6,8-13,22H2,(H,23,26)(H,24,28)/b7-4-/t14-,16+,17+,21-,30?/m1/s1. The van der Waals surface area contributed by atoms with Crippen LogP contribution in [0.3, 0.4) is 0 Å². The lowest BCUT2D eigenvalue weighted by Crippen LogP contribution is -2.57. The van der Waals surface area contributed by atoms with Gasteiger partial charge in [-0.25, -0.2) is 4.21 Å². The van der Waals surface area contributed by atoms with Crippen LogP contribution < -0.4 is 15.8 Å². The smallest absolute Gasteiger partial charge is 0.258 e. The number of nitrogens with two attached hydrogens (primary N) is 1.